The molecule has 8 heteroatoms. The maximum Gasteiger partial charge on any atom is 0.243 e. The van der Waals surface area contributed by atoms with E-state index in [-0.39, 0.29) is 11.7 Å². The molecule has 1 heterocycles. The summed E-state index contributed by atoms with van der Waals surface area (Å²) in [6.07, 6.45) is 1.29. The highest BCUT2D eigenvalue weighted by Crippen LogP contribution is 2.34. The van der Waals surface area contributed by atoms with Crippen LogP contribution in [0.1, 0.15) is 29.5 Å². The molecule has 1 N–H and O–H groups in total. The third kappa shape index (κ3) is 3.82. The predicted molar refractivity (Wildman–Crippen MR) is 94.3 cm³/mol. The quantitative estimate of drug-likeness (QED) is 0.771. The second-order valence-electron chi connectivity index (χ2n) is 6.31. The van der Waals surface area contributed by atoms with E-state index in [1.807, 2.05) is 6.92 Å². The van der Waals surface area contributed by atoms with E-state index in [9.17, 15) is 12.6 Å². The fourth-order valence-electron chi connectivity index (χ4n) is 3.28. The Bertz CT molecular complexity index is 745. The predicted octanol–water partition coefficient (Wildman–Crippen LogP) is 2.24. The van der Waals surface area contributed by atoms with Gasteiger partial charge in [-0.1, -0.05) is 0 Å². The number of benzene rings is 1. The zero-order valence-electron chi connectivity index (χ0n) is 14.5. The summed E-state index contributed by atoms with van der Waals surface area (Å²) in [5.41, 5.74) is 2.22. The molecule has 1 aromatic carbocycles. The maximum atomic E-state index is 13.1. The number of hydrogen-bond acceptors (Lipinski definition) is 4. The van der Waals surface area contributed by atoms with E-state index in [1.165, 1.54) is 4.31 Å². The van der Waals surface area contributed by atoms with Gasteiger partial charge >= 0.3 is 0 Å². The number of nitrogens with zero attached hydrogens (tertiary/aromatic N) is 1. The fourth-order valence-corrected chi connectivity index (χ4v) is 5.83. The van der Waals surface area contributed by atoms with E-state index in [1.54, 1.807) is 27.0 Å². The average Bonchev–Trinajstić information content (AvgIpc) is 2.98. The van der Waals surface area contributed by atoms with Gasteiger partial charge in [0, 0.05) is 18.8 Å². The third-order valence-electron chi connectivity index (χ3n) is 4.75. The summed E-state index contributed by atoms with van der Waals surface area (Å²) in [6, 6.07) is 1.76. The van der Waals surface area contributed by atoms with Crippen LogP contribution in [0.15, 0.2) is 11.0 Å². The van der Waals surface area contributed by atoms with Crippen LogP contribution in [-0.4, -0.2) is 47.4 Å². The number of aryl methyl sites for hydroxylation is 1. The Morgan fingerprint density at radius 2 is 2.00 bits per heavy atom. The highest BCUT2D eigenvalue weighted by molar-refractivity contribution is 7.89. The van der Waals surface area contributed by atoms with Gasteiger partial charge in [-0.05, 0) is 62.3 Å². The molecular weight excluding hydrogens is 350 g/mol. The Hall–Kier alpha value is -0.960. The van der Waals surface area contributed by atoms with Gasteiger partial charge in [0.2, 0.25) is 10.0 Å². The molecule has 1 aliphatic heterocycles. The normalized spacial score (nSPS) is 20.3. The number of ether oxygens (including phenoxy) is 1. The molecule has 136 valence electrons. The summed E-state index contributed by atoms with van der Waals surface area (Å²) in [5.74, 6) is 1.02. The van der Waals surface area contributed by atoms with Gasteiger partial charge in [0.1, 0.15) is 5.75 Å². The zero-order valence-corrected chi connectivity index (χ0v) is 16.2. The monoisotopic (exact) mass is 375 g/mol. The van der Waals surface area contributed by atoms with Gasteiger partial charge in [-0.2, -0.15) is 4.31 Å². The van der Waals surface area contributed by atoms with E-state index in [0.717, 1.165) is 12.0 Å². The van der Waals surface area contributed by atoms with Crippen LogP contribution < -0.4 is 4.74 Å². The van der Waals surface area contributed by atoms with Crippen molar-refractivity contribution in [2.45, 2.75) is 38.5 Å². The number of hydrogen-bond donors (Lipinski definition) is 1. The van der Waals surface area contributed by atoms with E-state index in [0.29, 0.717) is 41.3 Å². The van der Waals surface area contributed by atoms with Crippen LogP contribution in [0.2, 0.25) is 0 Å². The molecule has 0 amide bonds. The number of rotatable bonds is 6. The van der Waals surface area contributed by atoms with Gasteiger partial charge in [-0.25, -0.2) is 12.6 Å². The lowest BCUT2D eigenvalue weighted by molar-refractivity contribution is 0.410. The van der Waals surface area contributed by atoms with Crippen molar-refractivity contribution in [3.05, 3.63) is 22.8 Å². The van der Waals surface area contributed by atoms with Crippen molar-refractivity contribution >= 4 is 21.1 Å². The summed E-state index contributed by atoms with van der Waals surface area (Å²) in [7, 11) is -2.00. The summed E-state index contributed by atoms with van der Waals surface area (Å²) in [4.78, 5) is 0.354. The maximum absolute atomic E-state index is 13.1. The van der Waals surface area contributed by atoms with Gasteiger partial charge in [0.05, 0.1) is 12.0 Å². The van der Waals surface area contributed by atoms with Crippen LogP contribution in [-0.2, 0) is 21.1 Å². The first-order chi connectivity index (χ1) is 11.2. The molecule has 0 saturated carbocycles. The zero-order chi connectivity index (χ0) is 18.1. The molecule has 24 heavy (non-hydrogen) atoms. The van der Waals surface area contributed by atoms with Gasteiger partial charge in [-0.3, -0.25) is 0 Å². The summed E-state index contributed by atoms with van der Waals surface area (Å²) >= 11 is -1.83. The van der Waals surface area contributed by atoms with Gasteiger partial charge in [0.25, 0.3) is 0 Å². The van der Waals surface area contributed by atoms with E-state index in [4.69, 9.17) is 9.29 Å². The average molecular weight is 376 g/mol. The Labute approximate surface area is 146 Å². The van der Waals surface area contributed by atoms with Crippen molar-refractivity contribution in [1.82, 2.24) is 4.31 Å². The van der Waals surface area contributed by atoms with Crippen LogP contribution in [0.25, 0.3) is 0 Å². The number of methoxy groups -OCH3 is 1. The molecule has 1 saturated heterocycles. The minimum Gasteiger partial charge on any atom is -0.496 e. The van der Waals surface area contributed by atoms with Crippen LogP contribution in [0.4, 0.5) is 0 Å². The van der Waals surface area contributed by atoms with Crippen LogP contribution in [0.5, 0.6) is 5.75 Å². The highest BCUT2D eigenvalue weighted by atomic mass is 32.2. The molecule has 1 aromatic rings. The van der Waals surface area contributed by atoms with E-state index >= 15 is 0 Å². The van der Waals surface area contributed by atoms with E-state index < -0.39 is 21.1 Å². The molecule has 6 nitrogen and oxygen atoms in total. The Morgan fingerprint density at radius 1 is 1.33 bits per heavy atom. The molecule has 0 spiro atoms. The van der Waals surface area contributed by atoms with Crippen molar-refractivity contribution in [2.75, 3.05) is 26.0 Å². The number of sulfonamides is 1. The summed E-state index contributed by atoms with van der Waals surface area (Å²) in [5, 5.41) is 0. The van der Waals surface area contributed by atoms with Crippen LogP contribution >= 0.6 is 0 Å². The molecule has 0 radical (unpaired) electrons. The molecule has 1 aliphatic rings. The van der Waals surface area contributed by atoms with Crippen molar-refractivity contribution in [2.24, 2.45) is 5.92 Å². The Kier molecular flexibility index (Phi) is 6.06. The minimum atomic E-state index is -3.58. The molecule has 0 aromatic heterocycles. The third-order valence-corrected chi connectivity index (χ3v) is 7.49. The molecule has 2 unspecified atom stereocenters. The molecule has 2 atom stereocenters. The van der Waals surface area contributed by atoms with Gasteiger partial charge < -0.3 is 9.29 Å². The van der Waals surface area contributed by atoms with Crippen molar-refractivity contribution < 1.29 is 21.9 Å². The molecule has 0 aliphatic carbocycles. The fraction of sp³-hybridized carbons (Fsp3) is 0.625. The first-order valence-corrected chi connectivity index (χ1v) is 10.6. The lowest BCUT2D eigenvalue weighted by Crippen LogP contribution is -2.30. The minimum absolute atomic E-state index is 0.135. The lowest BCUT2D eigenvalue weighted by Gasteiger charge is -2.21. The summed E-state index contributed by atoms with van der Waals surface area (Å²) < 4.78 is 52.7. The highest BCUT2D eigenvalue weighted by Gasteiger charge is 2.35. The van der Waals surface area contributed by atoms with Gasteiger partial charge in [-0.15, -0.1) is 0 Å². The largest absolute Gasteiger partial charge is 0.496 e. The van der Waals surface area contributed by atoms with Gasteiger partial charge in [0.15, 0.2) is 11.1 Å². The Morgan fingerprint density at radius 3 is 2.58 bits per heavy atom. The SMILES string of the molecule is COc1cc(C)c(S(=O)(=O)N2CCC(CCS(=O)O)C2)c(C)c1C. The second kappa shape index (κ2) is 7.51. The van der Waals surface area contributed by atoms with Crippen LogP contribution in [0, 0.1) is 26.7 Å². The first kappa shape index (κ1) is 19.4. The van der Waals surface area contributed by atoms with E-state index in [2.05, 4.69) is 0 Å². The smallest absolute Gasteiger partial charge is 0.243 e. The second-order valence-corrected chi connectivity index (χ2v) is 9.23. The Balaban J connectivity index is 2.29. The standard InChI is InChI=1S/C16H25NO5S2/c1-11-9-15(22-4)12(2)13(3)16(11)24(20,21)17-7-5-14(10-17)6-8-23(18)19/h9,14H,5-8,10H2,1-4H3,(H,18,19). The van der Waals surface area contributed by atoms with Crippen molar-refractivity contribution in [3.63, 3.8) is 0 Å². The first-order valence-electron chi connectivity index (χ1n) is 7.90. The van der Waals surface area contributed by atoms with Crippen molar-refractivity contribution in [3.8, 4) is 5.75 Å². The molecule has 0 bridgehead atoms. The molecule has 1 fully saturated rings. The molecular formula is C16H25NO5S2. The summed E-state index contributed by atoms with van der Waals surface area (Å²) in [6.45, 7) is 6.30. The molecule has 2 rings (SSSR count). The topological polar surface area (TPSA) is 83.9 Å². The van der Waals surface area contributed by atoms with Crippen LogP contribution in [0.3, 0.4) is 0 Å². The van der Waals surface area contributed by atoms with Crippen molar-refractivity contribution in [1.29, 1.82) is 0 Å². The lowest BCUT2D eigenvalue weighted by atomic mass is 10.1.